The standard InChI is InChI=1S/C16H18N4/c17-10-16(18,13-6-2-1-3-7-13)11-20-12-19-14-8-4-5-9-15(14)20/h1-3,6-7,12H,4-5,8-9,11,18H2. The maximum Gasteiger partial charge on any atom is 0.147 e. The normalized spacial score (nSPS) is 17.0. The molecular formula is C16H18N4. The van der Waals surface area contributed by atoms with E-state index in [1.165, 1.54) is 24.2 Å². The number of nitrogens with two attached hydrogens (primary N) is 1. The van der Waals surface area contributed by atoms with Crippen LogP contribution >= 0.6 is 0 Å². The molecule has 1 aliphatic carbocycles. The van der Waals surface area contributed by atoms with Crippen molar-refractivity contribution in [3.63, 3.8) is 0 Å². The van der Waals surface area contributed by atoms with Crippen LogP contribution in [0.5, 0.6) is 0 Å². The van der Waals surface area contributed by atoms with Gasteiger partial charge < -0.3 is 10.3 Å². The highest BCUT2D eigenvalue weighted by molar-refractivity contribution is 5.31. The van der Waals surface area contributed by atoms with Crippen molar-refractivity contribution in [2.45, 2.75) is 37.8 Å². The summed E-state index contributed by atoms with van der Waals surface area (Å²) in [7, 11) is 0. The highest BCUT2D eigenvalue weighted by Crippen LogP contribution is 2.24. The van der Waals surface area contributed by atoms with Gasteiger partial charge in [0.2, 0.25) is 0 Å². The molecular weight excluding hydrogens is 248 g/mol. The summed E-state index contributed by atoms with van der Waals surface area (Å²) in [6.07, 6.45) is 6.30. The van der Waals surface area contributed by atoms with Gasteiger partial charge in [0, 0.05) is 5.69 Å². The van der Waals surface area contributed by atoms with Crippen LogP contribution < -0.4 is 5.73 Å². The van der Waals surface area contributed by atoms with Gasteiger partial charge in [-0.3, -0.25) is 0 Å². The lowest BCUT2D eigenvalue weighted by atomic mass is 9.92. The summed E-state index contributed by atoms with van der Waals surface area (Å²) >= 11 is 0. The van der Waals surface area contributed by atoms with Gasteiger partial charge in [-0.1, -0.05) is 30.3 Å². The molecule has 0 bridgehead atoms. The van der Waals surface area contributed by atoms with Crippen LogP contribution in [0.3, 0.4) is 0 Å². The Morgan fingerprint density at radius 2 is 2.00 bits per heavy atom. The molecule has 0 spiro atoms. The predicted molar refractivity (Wildman–Crippen MR) is 76.8 cm³/mol. The molecule has 4 nitrogen and oxygen atoms in total. The Morgan fingerprint density at radius 3 is 2.75 bits per heavy atom. The molecule has 4 heteroatoms. The molecule has 1 unspecified atom stereocenters. The van der Waals surface area contributed by atoms with Crippen LogP contribution in [0.4, 0.5) is 0 Å². The van der Waals surface area contributed by atoms with Gasteiger partial charge in [0.1, 0.15) is 5.54 Å². The first-order chi connectivity index (χ1) is 9.73. The Bertz CT molecular complexity index is 638. The molecule has 20 heavy (non-hydrogen) atoms. The van der Waals surface area contributed by atoms with E-state index < -0.39 is 5.54 Å². The van der Waals surface area contributed by atoms with Crippen molar-refractivity contribution in [2.75, 3.05) is 0 Å². The Hall–Kier alpha value is -2.12. The van der Waals surface area contributed by atoms with Crippen molar-refractivity contribution in [1.29, 1.82) is 5.26 Å². The van der Waals surface area contributed by atoms with E-state index in [9.17, 15) is 5.26 Å². The molecule has 102 valence electrons. The molecule has 0 amide bonds. The topological polar surface area (TPSA) is 67.6 Å². The van der Waals surface area contributed by atoms with Gasteiger partial charge in [-0.15, -0.1) is 0 Å². The maximum atomic E-state index is 9.53. The van der Waals surface area contributed by atoms with Gasteiger partial charge in [-0.05, 0) is 31.2 Å². The molecule has 1 aromatic heterocycles. The molecule has 2 aromatic rings. The third-order valence-electron chi connectivity index (χ3n) is 4.02. The minimum Gasteiger partial charge on any atom is -0.331 e. The average Bonchev–Trinajstić information content (AvgIpc) is 2.91. The monoisotopic (exact) mass is 266 g/mol. The van der Waals surface area contributed by atoms with Gasteiger partial charge in [-0.25, -0.2) is 4.98 Å². The average molecular weight is 266 g/mol. The third-order valence-corrected chi connectivity index (χ3v) is 4.02. The zero-order valence-corrected chi connectivity index (χ0v) is 11.4. The number of hydrogen-bond acceptors (Lipinski definition) is 3. The first-order valence-electron chi connectivity index (χ1n) is 7.01. The smallest absolute Gasteiger partial charge is 0.147 e. The summed E-state index contributed by atoms with van der Waals surface area (Å²) in [5, 5.41) is 9.53. The Labute approximate surface area is 118 Å². The number of hydrogen-bond donors (Lipinski definition) is 1. The van der Waals surface area contributed by atoms with Crippen molar-refractivity contribution >= 4 is 0 Å². The van der Waals surface area contributed by atoms with Crippen LogP contribution in [0, 0.1) is 11.3 Å². The van der Waals surface area contributed by atoms with Crippen molar-refractivity contribution in [3.05, 3.63) is 53.6 Å². The van der Waals surface area contributed by atoms with Crippen LogP contribution in [-0.2, 0) is 24.9 Å². The van der Waals surface area contributed by atoms with Crippen LogP contribution in [0.25, 0.3) is 0 Å². The lowest BCUT2D eigenvalue weighted by Gasteiger charge is -2.24. The van der Waals surface area contributed by atoms with Crippen LogP contribution in [0.15, 0.2) is 36.7 Å². The number of benzene rings is 1. The molecule has 1 aliphatic rings. The van der Waals surface area contributed by atoms with Crippen LogP contribution in [0.2, 0.25) is 0 Å². The van der Waals surface area contributed by atoms with E-state index in [4.69, 9.17) is 5.73 Å². The molecule has 2 N–H and O–H groups in total. The van der Waals surface area contributed by atoms with Gasteiger partial charge in [0.25, 0.3) is 0 Å². The van der Waals surface area contributed by atoms with Gasteiger partial charge in [-0.2, -0.15) is 5.26 Å². The molecule has 1 aromatic carbocycles. The number of aryl methyl sites for hydroxylation is 1. The Kier molecular flexibility index (Phi) is 3.29. The predicted octanol–water partition coefficient (Wildman–Crippen LogP) is 2.14. The van der Waals surface area contributed by atoms with Crippen LogP contribution in [-0.4, -0.2) is 9.55 Å². The minimum absolute atomic E-state index is 0.454. The molecule has 3 rings (SSSR count). The zero-order chi connectivity index (χ0) is 14.0. The molecule has 0 radical (unpaired) electrons. The highest BCUT2D eigenvalue weighted by atomic mass is 15.1. The van der Waals surface area contributed by atoms with E-state index in [2.05, 4.69) is 15.6 Å². The quantitative estimate of drug-likeness (QED) is 0.925. The van der Waals surface area contributed by atoms with Gasteiger partial charge >= 0.3 is 0 Å². The molecule has 0 aliphatic heterocycles. The highest BCUT2D eigenvalue weighted by Gasteiger charge is 2.29. The number of nitrogens with zero attached hydrogens (tertiary/aromatic N) is 3. The molecule has 0 saturated carbocycles. The summed E-state index contributed by atoms with van der Waals surface area (Å²) in [6, 6.07) is 11.8. The first-order valence-corrected chi connectivity index (χ1v) is 7.01. The van der Waals surface area contributed by atoms with Gasteiger partial charge in [0.15, 0.2) is 0 Å². The van der Waals surface area contributed by atoms with Crippen LogP contribution in [0.1, 0.15) is 29.8 Å². The fourth-order valence-corrected chi connectivity index (χ4v) is 2.86. The number of aromatic nitrogens is 2. The molecule has 1 heterocycles. The second-order valence-electron chi connectivity index (χ2n) is 5.42. The third kappa shape index (κ3) is 2.21. The second kappa shape index (κ2) is 5.10. The zero-order valence-electron chi connectivity index (χ0n) is 11.4. The summed E-state index contributed by atoms with van der Waals surface area (Å²) < 4.78 is 2.06. The number of rotatable bonds is 3. The minimum atomic E-state index is -1.01. The van der Waals surface area contributed by atoms with E-state index >= 15 is 0 Å². The summed E-state index contributed by atoms with van der Waals surface area (Å²) in [6.45, 7) is 0.454. The first kappa shape index (κ1) is 12.9. The summed E-state index contributed by atoms with van der Waals surface area (Å²) in [5.41, 5.74) is 8.59. The second-order valence-corrected chi connectivity index (χ2v) is 5.42. The number of nitriles is 1. The fraction of sp³-hybridized carbons (Fsp3) is 0.375. The van der Waals surface area contributed by atoms with E-state index in [0.29, 0.717) is 6.54 Å². The van der Waals surface area contributed by atoms with Crippen molar-refractivity contribution in [1.82, 2.24) is 9.55 Å². The number of imidazole rings is 1. The summed E-state index contributed by atoms with van der Waals surface area (Å²) in [4.78, 5) is 4.47. The largest absolute Gasteiger partial charge is 0.331 e. The molecule has 1 atom stereocenters. The number of fused-ring (bicyclic) bond motifs is 1. The van der Waals surface area contributed by atoms with Gasteiger partial charge in [0.05, 0.1) is 24.6 Å². The maximum absolute atomic E-state index is 9.53. The van der Waals surface area contributed by atoms with Crippen molar-refractivity contribution in [3.8, 4) is 6.07 Å². The van der Waals surface area contributed by atoms with E-state index in [1.54, 1.807) is 0 Å². The van der Waals surface area contributed by atoms with Crippen molar-refractivity contribution < 1.29 is 0 Å². The Morgan fingerprint density at radius 1 is 1.25 bits per heavy atom. The fourth-order valence-electron chi connectivity index (χ4n) is 2.86. The lowest BCUT2D eigenvalue weighted by molar-refractivity contribution is 0.457. The lowest BCUT2D eigenvalue weighted by Crippen LogP contribution is -2.40. The molecule has 0 fully saturated rings. The molecule has 0 saturated heterocycles. The Balaban J connectivity index is 1.93. The SMILES string of the molecule is N#CC(N)(Cn1cnc2c1CCCC2)c1ccccc1. The van der Waals surface area contributed by atoms with E-state index in [1.807, 2.05) is 36.7 Å². The van der Waals surface area contributed by atoms with Crippen molar-refractivity contribution in [2.24, 2.45) is 5.73 Å². The summed E-state index contributed by atoms with van der Waals surface area (Å²) in [5.74, 6) is 0. The van der Waals surface area contributed by atoms with E-state index in [-0.39, 0.29) is 0 Å². The van der Waals surface area contributed by atoms with E-state index in [0.717, 1.165) is 18.4 Å².